The summed E-state index contributed by atoms with van der Waals surface area (Å²) in [5, 5.41) is 11.3. The average Bonchev–Trinajstić information content (AvgIpc) is 3.86. The molecule has 0 amide bonds. The van der Waals surface area contributed by atoms with Gasteiger partial charge < -0.3 is 19.3 Å². The van der Waals surface area contributed by atoms with Gasteiger partial charge in [-0.25, -0.2) is 4.79 Å². The van der Waals surface area contributed by atoms with Crippen molar-refractivity contribution in [3.05, 3.63) is 93.8 Å². The number of ether oxygens (including phenoxy) is 3. The molecule has 10 nitrogen and oxygen atoms in total. The van der Waals surface area contributed by atoms with Crippen molar-refractivity contribution in [3.8, 4) is 10.4 Å². The molecule has 1 fully saturated rings. The van der Waals surface area contributed by atoms with E-state index in [1.54, 1.807) is 0 Å². The number of aliphatic hydroxyl groups excluding tert-OH is 1. The highest BCUT2D eigenvalue weighted by Gasteiger charge is 2.50. The number of nitrogens with one attached hydrogen (secondary N) is 1. The van der Waals surface area contributed by atoms with Crippen LogP contribution in [0.3, 0.4) is 0 Å². The molecule has 1 aliphatic heterocycles. The predicted molar refractivity (Wildman–Crippen MR) is 251 cm³/mol. The SMILES string of the molecule is CCCCCCCCCCCCCC(=O)O[C@@H]1[C@H](OC(=O)CCCCCCCCCCCCC)[C@@H](CO)O[C@H]1n1cc(-c2cc3ccccc3s2)c(=O)[nH]c1=O.c1ccccc1. The summed E-state index contributed by atoms with van der Waals surface area (Å²) in [6, 6.07) is 21.6. The first-order chi connectivity index (χ1) is 30.4. The second-order valence-electron chi connectivity index (χ2n) is 16.7. The van der Waals surface area contributed by atoms with Crippen molar-refractivity contribution >= 4 is 33.4 Å². The normalized spacial score (nSPS) is 17.1. The second kappa shape index (κ2) is 30.1. The molecule has 1 saturated heterocycles. The number of hydrogen-bond acceptors (Lipinski definition) is 9. The summed E-state index contributed by atoms with van der Waals surface area (Å²) in [6.07, 6.45) is 22.4. The molecule has 0 radical (unpaired) electrons. The number of rotatable bonds is 29. The summed E-state index contributed by atoms with van der Waals surface area (Å²) in [5.74, 6) is -0.966. The number of hydrogen-bond donors (Lipinski definition) is 2. The maximum Gasteiger partial charge on any atom is 0.330 e. The molecule has 5 rings (SSSR count). The number of esters is 2. The van der Waals surface area contributed by atoms with Gasteiger partial charge in [-0.2, -0.15) is 0 Å². The molecule has 2 N–H and O–H groups in total. The van der Waals surface area contributed by atoms with Gasteiger partial charge in [0.2, 0.25) is 0 Å². The summed E-state index contributed by atoms with van der Waals surface area (Å²) >= 11 is 1.42. The molecule has 11 heteroatoms. The Balaban J connectivity index is 0.00000129. The number of aromatic nitrogens is 2. The van der Waals surface area contributed by atoms with Gasteiger partial charge in [-0.3, -0.25) is 23.9 Å². The van der Waals surface area contributed by atoms with Gasteiger partial charge in [0.05, 0.1) is 12.2 Å². The molecule has 62 heavy (non-hydrogen) atoms. The Morgan fingerprint density at radius 1 is 0.645 bits per heavy atom. The van der Waals surface area contributed by atoms with Gasteiger partial charge >= 0.3 is 17.6 Å². The van der Waals surface area contributed by atoms with E-state index in [0.29, 0.717) is 17.7 Å². The van der Waals surface area contributed by atoms with Gasteiger partial charge in [0.15, 0.2) is 18.4 Å². The van der Waals surface area contributed by atoms with Crippen LogP contribution in [0, 0.1) is 0 Å². The van der Waals surface area contributed by atoms with Gasteiger partial charge in [0.1, 0.15) is 6.10 Å². The molecule has 2 aromatic carbocycles. The van der Waals surface area contributed by atoms with E-state index in [9.17, 15) is 24.3 Å². The molecule has 0 bridgehead atoms. The highest BCUT2D eigenvalue weighted by Crippen LogP contribution is 2.36. The number of aliphatic hydroxyl groups is 1. The lowest BCUT2D eigenvalue weighted by Gasteiger charge is -2.25. The molecule has 4 aromatic rings. The number of unbranched alkanes of at least 4 members (excludes halogenated alkanes) is 20. The standard InChI is InChI=1S/C45H68N2O8S.C6H6/c1-3-5-7-9-11-13-15-17-19-21-23-29-39(49)54-41-36(33-48)53-44(42(41)55-40(50)30-24-22-20-18-16-14-12-10-8-6-4-2)47-32-35(43(51)46-45(47)52)38-31-34-27-25-26-28-37(34)56-38;1-2-4-6-5-3-1/h25-28,31-32,36,41-42,44,48H,3-24,29-30,33H2,1-2H3,(H,46,51,52);1-6H/t36-,41-,42-,44-;/m1./s1. The largest absolute Gasteiger partial charge is 0.455 e. The number of thiophene rings is 1. The summed E-state index contributed by atoms with van der Waals surface area (Å²) in [6.45, 7) is 3.93. The summed E-state index contributed by atoms with van der Waals surface area (Å²) in [4.78, 5) is 56.1. The van der Waals surface area contributed by atoms with E-state index in [4.69, 9.17) is 14.2 Å². The minimum Gasteiger partial charge on any atom is -0.455 e. The van der Waals surface area contributed by atoms with Crippen molar-refractivity contribution < 1.29 is 28.9 Å². The van der Waals surface area contributed by atoms with Gasteiger partial charge in [-0.1, -0.05) is 197 Å². The predicted octanol–water partition coefficient (Wildman–Crippen LogP) is 12.2. The number of benzene rings is 2. The van der Waals surface area contributed by atoms with Crippen molar-refractivity contribution in [1.29, 1.82) is 0 Å². The number of nitrogens with zero attached hydrogens (tertiary/aromatic N) is 1. The lowest BCUT2D eigenvalue weighted by Crippen LogP contribution is -2.42. The molecule has 0 unspecified atom stereocenters. The number of aromatic amines is 1. The quantitative estimate of drug-likeness (QED) is 0.0406. The fourth-order valence-electron chi connectivity index (χ4n) is 7.98. The molecule has 0 spiro atoms. The Labute approximate surface area is 373 Å². The maximum atomic E-state index is 13.4. The molecule has 1 aliphatic rings. The van der Waals surface area contributed by atoms with Crippen LogP contribution >= 0.6 is 11.3 Å². The summed E-state index contributed by atoms with van der Waals surface area (Å²) < 4.78 is 20.2. The second-order valence-corrected chi connectivity index (χ2v) is 17.8. The molecular weight excluding hydrogens is 801 g/mol. The van der Waals surface area contributed by atoms with Crippen LogP contribution in [-0.2, 0) is 23.8 Å². The van der Waals surface area contributed by atoms with Crippen LogP contribution < -0.4 is 11.2 Å². The zero-order chi connectivity index (χ0) is 44.2. The van der Waals surface area contributed by atoms with Crippen LogP contribution in [-0.4, -0.2) is 51.5 Å². The average molecular weight is 875 g/mol. The van der Waals surface area contributed by atoms with Crippen molar-refractivity contribution in [2.45, 2.75) is 192 Å². The third-order valence-corrected chi connectivity index (χ3v) is 12.7. The molecule has 3 heterocycles. The van der Waals surface area contributed by atoms with Crippen LogP contribution in [0.4, 0.5) is 0 Å². The van der Waals surface area contributed by atoms with E-state index >= 15 is 0 Å². The Morgan fingerprint density at radius 3 is 1.56 bits per heavy atom. The fraction of sp³-hybridized carbons (Fsp3) is 0.608. The van der Waals surface area contributed by atoms with E-state index in [1.165, 1.54) is 112 Å². The van der Waals surface area contributed by atoms with E-state index < -0.39 is 54.3 Å². The Morgan fingerprint density at radius 2 is 1.10 bits per heavy atom. The first-order valence-corrected chi connectivity index (χ1v) is 24.7. The third kappa shape index (κ3) is 18.0. The van der Waals surface area contributed by atoms with Crippen LogP contribution in [0.15, 0.2) is 82.5 Å². The molecule has 2 aromatic heterocycles. The van der Waals surface area contributed by atoms with Crippen LogP contribution in [0.1, 0.15) is 174 Å². The zero-order valence-corrected chi connectivity index (χ0v) is 38.4. The van der Waals surface area contributed by atoms with Crippen molar-refractivity contribution in [2.24, 2.45) is 0 Å². The molecular formula is C51H74N2O8S. The number of fused-ring (bicyclic) bond motifs is 1. The van der Waals surface area contributed by atoms with E-state index in [1.807, 2.05) is 66.7 Å². The molecule has 342 valence electrons. The Bertz CT molecular complexity index is 1880. The lowest BCUT2D eigenvalue weighted by molar-refractivity contribution is -0.169. The molecule has 4 atom stereocenters. The first kappa shape index (κ1) is 50.6. The highest BCUT2D eigenvalue weighted by molar-refractivity contribution is 7.22. The van der Waals surface area contributed by atoms with Crippen molar-refractivity contribution in [2.75, 3.05) is 6.61 Å². The van der Waals surface area contributed by atoms with E-state index in [0.717, 1.165) is 48.6 Å². The van der Waals surface area contributed by atoms with Gasteiger partial charge in [0, 0.05) is 28.6 Å². The first-order valence-electron chi connectivity index (χ1n) is 23.9. The monoisotopic (exact) mass is 875 g/mol. The Kier molecular flexibility index (Phi) is 24.6. The molecule has 0 saturated carbocycles. The van der Waals surface area contributed by atoms with Gasteiger partial charge in [-0.15, -0.1) is 11.3 Å². The third-order valence-electron chi connectivity index (χ3n) is 11.6. The van der Waals surface area contributed by atoms with E-state index in [-0.39, 0.29) is 18.4 Å². The number of H-pyrrole nitrogens is 1. The van der Waals surface area contributed by atoms with Crippen molar-refractivity contribution in [1.82, 2.24) is 9.55 Å². The Hall–Kier alpha value is -4.06. The zero-order valence-electron chi connectivity index (χ0n) is 37.6. The van der Waals surface area contributed by atoms with Crippen LogP contribution in [0.2, 0.25) is 0 Å². The van der Waals surface area contributed by atoms with E-state index in [2.05, 4.69) is 18.8 Å². The van der Waals surface area contributed by atoms with Crippen LogP contribution in [0.5, 0.6) is 0 Å². The highest BCUT2D eigenvalue weighted by atomic mass is 32.1. The minimum absolute atomic E-state index is 0.164. The number of carbonyl (C=O) groups excluding carboxylic acids is 2. The fourth-order valence-corrected chi connectivity index (χ4v) is 9.05. The summed E-state index contributed by atoms with van der Waals surface area (Å²) in [7, 11) is 0. The van der Waals surface area contributed by atoms with Crippen molar-refractivity contribution in [3.63, 3.8) is 0 Å². The van der Waals surface area contributed by atoms with Gasteiger partial charge in [0.25, 0.3) is 5.56 Å². The minimum atomic E-state index is -1.24. The van der Waals surface area contributed by atoms with Gasteiger partial charge in [-0.05, 0) is 30.4 Å². The smallest absolute Gasteiger partial charge is 0.330 e. The number of carbonyl (C=O) groups is 2. The molecule has 0 aliphatic carbocycles. The van der Waals surface area contributed by atoms with Crippen LogP contribution in [0.25, 0.3) is 20.5 Å². The topological polar surface area (TPSA) is 137 Å². The summed E-state index contributed by atoms with van der Waals surface area (Å²) in [5.41, 5.74) is -1.08. The maximum absolute atomic E-state index is 13.4. The lowest BCUT2D eigenvalue weighted by atomic mass is 10.1.